The van der Waals surface area contributed by atoms with Crippen LogP contribution in [0.2, 0.25) is 0 Å². The first kappa shape index (κ1) is 30.4. The first-order valence-electron chi connectivity index (χ1n) is 14.4. The average Bonchev–Trinajstić information content (AvgIpc) is 2.87. The third kappa shape index (κ3) is 6.85. The van der Waals surface area contributed by atoms with Crippen molar-refractivity contribution in [3.05, 3.63) is 52.7 Å². The van der Waals surface area contributed by atoms with Crippen LogP contribution < -0.4 is 5.56 Å². The zero-order valence-corrected chi connectivity index (χ0v) is 25.3. The molecule has 7 nitrogen and oxygen atoms in total. The predicted molar refractivity (Wildman–Crippen MR) is 158 cm³/mol. The number of amides is 1. The van der Waals surface area contributed by atoms with Crippen LogP contribution in [0, 0.1) is 23.1 Å². The molecule has 1 saturated carbocycles. The lowest BCUT2D eigenvalue weighted by Gasteiger charge is -2.51. The van der Waals surface area contributed by atoms with Gasteiger partial charge in [-0.3, -0.25) is 9.59 Å². The van der Waals surface area contributed by atoms with Crippen LogP contribution in [0.5, 0.6) is 0 Å². The molecule has 2 atom stereocenters. The second-order valence-corrected chi connectivity index (χ2v) is 15.4. The molecule has 1 aliphatic carbocycles. The van der Waals surface area contributed by atoms with Crippen molar-refractivity contribution in [2.24, 2.45) is 21.6 Å². The summed E-state index contributed by atoms with van der Waals surface area (Å²) in [5.74, 6) is 0.182. The number of halogens is 1. The lowest BCUT2D eigenvalue weighted by molar-refractivity contribution is -0.157. The number of benzene rings is 1. The van der Waals surface area contributed by atoms with E-state index in [4.69, 9.17) is 0 Å². The molecule has 0 radical (unpaired) electrons. The van der Waals surface area contributed by atoms with Crippen LogP contribution in [0.3, 0.4) is 0 Å². The predicted octanol–water partition coefficient (Wildman–Crippen LogP) is 5.61. The molecule has 220 valence electrons. The molecule has 1 amide bonds. The van der Waals surface area contributed by atoms with E-state index in [1.165, 1.54) is 67.5 Å². The molecule has 1 aliphatic heterocycles. The summed E-state index contributed by atoms with van der Waals surface area (Å²) in [7, 11) is -2.63. The Morgan fingerprint density at radius 3 is 2.48 bits per heavy atom. The second-order valence-electron chi connectivity index (χ2n) is 12.9. The van der Waals surface area contributed by atoms with E-state index in [0.29, 0.717) is 25.4 Å². The molecule has 0 spiro atoms. The van der Waals surface area contributed by atoms with Crippen LogP contribution in [0.25, 0.3) is 11.1 Å². The lowest BCUT2D eigenvalue weighted by atomic mass is 9.69. The number of hydrogen-bond acceptors (Lipinski definition) is 5. The Bertz CT molecular complexity index is 1410. The van der Waals surface area contributed by atoms with Gasteiger partial charge in [-0.25, -0.2) is 8.60 Å². The van der Waals surface area contributed by atoms with Gasteiger partial charge < -0.3 is 14.6 Å². The van der Waals surface area contributed by atoms with Gasteiger partial charge in [-0.1, -0.05) is 71.1 Å². The first-order chi connectivity index (χ1) is 18.7. The van der Waals surface area contributed by atoms with Gasteiger partial charge >= 0.3 is 0 Å². The third-order valence-corrected chi connectivity index (χ3v) is 9.44. The minimum atomic E-state index is -2.63. The maximum Gasteiger partial charge on any atom is 0.251 e. The summed E-state index contributed by atoms with van der Waals surface area (Å²) >= 11 is 0. The fourth-order valence-corrected chi connectivity index (χ4v) is 6.97. The van der Waals surface area contributed by atoms with Gasteiger partial charge in [0.1, 0.15) is 5.82 Å². The summed E-state index contributed by atoms with van der Waals surface area (Å²) in [6.45, 7) is 6.64. The lowest BCUT2D eigenvalue weighted by Crippen LogP contribution is -2.61. The monoisotopic (exact) mass is 573 g/mol. The number of carbonyl (C=O) groups excluding carboxylic acids is 1. The van der Waals surface area contributed by atoms with Crippen molar-refractivity contribution in [3.8, 4) is 11.1 Å². The van der Waals surface area contributed by atoms with Crippen LogP contribution in [0.15, 0.2) is 45.7 Å². The van der Waals surface area contributed by atoms with Crippen LogP contribution in [-0.2, 0) is 21.1 Å². The summed E-state index contributed by atoms with van der Waals surface area (Å²) < 4.78 is 33.0. The Labute approximate surface area is 238 Å². The van der Waals surface area contributed by atoms with E-state index in [1.807, 2.05) is 25.7 Å². The topological polar surface area (TPSA) is 92.0 Å². The third-order valence-electron chi connectivity index (χ3n) is 8.81. The molecule has 1 aromatic heterocycles. The highest BCUT2D eigenvalue weighted by Gasteiger charge is 2.49. The molecule has 4 rings (SSSR count). The van der Waals surface area contributed by atoms with Crippen molar-refractivity contribution in [3.63, 3.8) is 0 Å². The Morgan fingerprint density at radius 2 is 1.85 bits per heavy atom. The first-order valence-corrected chi connectivity index (χ1v) is 16.7. The molecule has 2 fully saturated rings. The molecule has 2 unspecified atom stereocenters. The largest absolute Gasteiger partial charge is 0.387 e. The number of aliphatic hydroxyl groups is 1. The Balaban J connectivity index is 1.58. The Kier molecular flexibility index (Phi) is 8.95. The van der Waals surface area contributed by atoms with Crippen molar-refractivity contribution in [2.75, 3.05) is 25.6 Å². The number of aromatic nitrogens is 1. The second kappa shape index (κ2) is 11.8. The van der Waals surface area contributed by atoms with Gasteiger partial charge in [0.05, 0.1) is 17.8 Å². The number of carbonyl (C=O) groups is 1. The number of rotatable bonds is 7. The van der Waals surface area contributed by atoms with E-state index >= 15 is 0 Å². The van der Waals surface area contributed by atoms with Gasteiger partial charge in [-0.15, -0.1) is 0 Å². The van der Waals surface area contributed by atoms with Gasteiger partial charge in [-0.2, -0.15) is 4.36 Å². The minimum Gasteiger partial charge on any atom is -0.387 e. The van der Waals surface area contributed by atoms with Gasteiger partial charge in [-0.05, 0) is 24.8 Å². The van der Waals surface area contributed by atoms with Crippen molar-refractivity contribution in [2.45, 2.75) is 77.9 Å². The highest BCUT2D eigenvalue weighted by atomic mass is 32.2. The fraction of sp³-hybridized carbons (Fsp3) is 0.613. The van der Waals surface area contributed by atoms with E-state index in [2.05, 4.69) is 4.36 Å². The summed E-state index contributed by atoms with van der Waals surface area (Å²) in [4.78, 5) is 28.5. The maximum atomic E-state index is 14.7. The minimum absolute atomic E-state index is 0.0207. The van der Waals surface area contributed by atoms with Crippen molar-refractivity contribution in [1.29, 1.82) is 0 Å². The molecule has 1 N–H and O–H groups in total. The molecular weight excluding hydrogens is 529 g/mol. The fourth-order valence-electron chi connectivity index (χ4n) is 6.35. The smallest absolute Gasteiger partial charge is 0.251 e. The van der Waals surface area contributed by atoms with Crippen molar-refractivity contribution >= 4 is 21.3 Å². The molecule has 2 aromatic rings. The zero-order chi connectivity index (χ0) is 29.3. The molecular formula is C31H44FN3O4S. The number of hydrogen-bond donors (Lipinski definition) is 1. The number of piperidine rings is 1. The average molecular weight is 574 g/mol. The van der Waals surface area contributed by atoms with E-state index in [0.717, 1.165) is 6.42 Å². The highest BCUT2D eigenvalue weighted by Crippen LogP contribution is 2.41. The Morgan fingerprint density at radius 1 is 1.18 bits per heavy atom. The zero-order valence-electron chi connectivity index (χ0n) is 24.5. The standard InChI is InChI=1S/C31H44FN3O4S/c1-22(17-23-11-7-6-8-12-23)29(37)34-16-15-31(38,30(2,3)20-34)21-35-19-27(33-40(4,5)39)25(18-28(35)36)24-13-9-10-14-26(24)32/h9-10,13-14,18-19,22-23,38H,6-8,11-12,15-17,20-21H2,1-5H3. The van der Waals surface area contributed by atoms with Crippen LogP contribution >= 0.6 is 0 Å². The van der Waals surface area contributed by atoms with Crippen LogP contribution in [0.4, 0.5) is 10.1 Å². The van der Waals surface area contributed by atoms with Gasteiger partial charge in [0.2, 0.25) is 5.91 Å². The molecule has 0 bridgehead atoms. The summed E-state index contributed by atoms with van der Waals surface area (Å²) in [5.41, 5.74) is -1.71. The maximum absolute atomic E-state index is 14.7. The quantitative estimate of drug-likeness (QED) is 0.466. The number of pyridine rings is 1. The summed E-state index contributed by atoms with van der Waals surface area (Å²) in [6.07, 6.45) is 11.8. The molecule has 40 heavy (non-hydrogen) atoms. The molecule has 9 heteroatoms. The van der Waals surface area contributed by atoms with Gasteiger partial charge in [0, 0.05) is 70.1 Å². The normalized spacial score (nSPS) is 22.6. The Hall–Kier alpha value is -2.52. The number of nitrogens with zero attached hydrogens (tertiary/aromatic N) is 3. The molecule has 2 heterocycles. The SMILES string of the molecule is CC(CC1CCCCC1)C(=O)N1CCC(O)(Cn2cc(N=S(C)(C)=O)c(-c3ccccc3F)cc2=O)C(C)(C)C1. The summed E-state index contributed by atoms with van der Waals surface area (Å²) in [5, 5.41) is 11.9. The van der Waals surface area contributed by atoms with E-state index in [9.17, 15) is 23.3 Å². The van der Waals surface area contributed by atoms with Crippen LogP contribution in [-0.4, -0.2) is 55.9 Å². The van der Waals surface area contributed by atoms with E-state index < -0.39 is 32.1 Å². The van der Waals surface area contributed by atoms with Crippen LogP contribution in [0.1, 0.15) is 65.7 Å². The molecule has 2 aliphatic rings. The molecule has 1 saturated heterocycles. The summed E-state index contributed by atoms with van der Waals surface area (Å²) in [6, 6.07) is 7.38. The van der Waals surface area contributed by atoms with Crippen molar-refractivity contribution in [1.82, 2.24) is 9.47 Å². The van der Waals surface area contributed by atoms with Gasteiger partial charge in [0.25, 0.3) is 5.56 Å². The van der Waals surface area contributed by atoms with Gasteiger partial charge in [0.15, 0.2) is 0 Å². The van der Waals surface area contributed by atoms with E-state index in [-0.39, 0.29) is 35.2 Å². The van der Waals surface area contributed by atoms with Crippen molar-refractivity contribution < 1.29 is 18.5 Å². The van der Waals surface area contributed by atoms with E-state index in [1.54, 1.807) is 18.2 Å². The number of likely N-dealkylation sites (tertiary alicyclic amines) is 1. The molecule has 1 aromatic carbocycles. The highest BCUT2D eigenvalue weighted by molar-refractivity contribution is 7.92.